The van der Waals surface area contributed by atoms with E-state index in [0.29, 0.717) is 5.56 Å². The minimum atomic E-state index is -0.900. The average molecular weight is 538 g/mol. The average Bonchev–Trinajstić information content (AvgIpc) is 3.24. The van der Waals surface area contributed by atoms with Gasteiger partial charge in [-0.25, -0.2) is 0 Å². The first-order chi connectivity index (χ1) is 20.2. The second kappa shape index (κ2) is 9.20. The third kappa shape index (κ3) is 3.29. The fraction of sp³-hybridized carbons (Fsp3) is 0.171. The molecule has 5 aromatic rings. The normalized spacial score (nSPS) is 29.5. The number of carbonyl (C=O) groups is 1. The summed E-state index contributed by atoms with van der Waals surface area (Å²) in [4.78, 5) is 25.3. The van der Waals surface area contributed by atoms with Crippen molar-refractivity contribution in [2.24, 2.45) is 5.92 Å². The zero-order chi connectivity index (χ0) is 27.4. The van der Waals surface area contributed by atoms with Crippen molar-refractivity contribution in [3.8, 4) is 0 Å². The van der Waals surface area contributed by atoms with Gasteiger partial charge in [0.05, 0.1) is 18.1 Å². The number of likely N-dealkylation sites (tertiary alicyclic amines) is 1. The van der Waals surface area contributed by atoms with Crippen LogP contribution in [0.25, 0.3) is 0 Å². The molecule has 8 rings (SSSR count). The van der Waals surface area contributed by atoms with E-state index in [2.05, 4.69) is 40.3 Å². The van der Waals surface area contributed by atoms with Gasteiger partial charge in [0.15, 0.2) is 0 Å². The quantitative estimate of drug-likeness (QED) is 0.294. The molecule has 6 atom stereocenters. The van der Waals surface area contributed by atoms with Crippen molar-refractivity contribution in [1.29, 1.82) is 0 Å². The van der Waals surface area contributed by atoms with Crippen molar-refractivity contribution in [2.75, 3.05) is 0 Å². The number of nitrogens with zero attached hydrogens (tertiary/aromatic N) is 3. The fourth-order valence-electron chi connectivity index (χ4n) is 7.22. The molecule has 0 saturated carbocycles. The molecule has 0 spiro atoms. The SMILES string of the molecule is O=C(c1ccccc1)N1[C@H]2OC(c3ccccc3)(c3cccnc3)[C@H]2[C@@H]2OC(c3ccccc3)(c3cccnc3)[C@@H]21. The number of rotatable bonds is 5. The highest BCUT2D eigenvalue weighted by Gasteiger charge is 2.79. The molecule has 3 aromatic carbocycles. The number of benzene rings is 3. The van der Waals surface area contributed by atoms with E-state index in [0.717, 1.165) is 22.3 Å². The molecule has 1 amide bonds. The maximum absolute atomic E-state index is 14.4. The van der Waals surface area contributed by atoms with Gasteiger partial charge in [-0.05, 0) is 35.4 Å². The van der Waals surface area contributed by atoms with Gasteiger partial charge >= 0.3 is 0 Å². The van der Waals surface area contributed by atoms with E-state index in [1.54, 1.807) is 12.4 Å². The van der Waals surface area contributed by atoms with Gasteiger partial charge in [0.25, 0.3) is 5.91 Å². The van der Waals surface area contributed by atoms with Crippen molar-refractivity contribution < 1.29 is 14.3 Å². The van der Waals surface area contributed by atoms with Gasteiger partial charge in [-0.1, -0.05) is 91.0 Å². The van der Waals surface area contributed by atoms with Crippen LogP contribution in [0, 0.1) is 5.92 Å². The Morgan fingerprint density at radius 3 is 1.68 bits per heavy atom. The first kappa shape index (κ1) is 24.2. The second-order valence-electron chi connectivity index (χ2n) is 10.8. The van der Waals surface area contributed by atoms with Crippen molar-refractivity contribution in [3.05, 3.63) is 168 Å². The molecule has 200 valence electrons. The molecule has 0 radical (unpaired) electrons. The number of aromatic nitrogens is 2. The lowest BCUT2D eigenvalue weighted by atomic mass is 9.64. The molecular weight excluding hydrogens is 510 g/mol. The van der Waals surface area contributed by atoms with Crippen LogP contribution in [-0.4, -0.2) is 39.1 Å². The van der Waals surface area contributed by atoms with Crippen LogP contribution in [0.5, 0.6) is 0 Å². The smallest absolute Gasteiger partial charge is 0.256 e. The lowest BCUT2D eigenvalue weighted by Crippen LogP contribution is -2.67. The lowest BCUT2D eigenvalue weighted by Gasteiger charge is -2.57. The largest absolute Gasteiger partial charge is 0.357 e. The van der Waals surface area contributed by atoms with Crippen molar-refractivity contribution >= 4 is 5.91 Å². The molecule has 0 aliphatic carbocycles. The molecule has 5 heterocycles. The number of hydrogen-bond donors (Lipinski definition) is 0. The monoisotopic (exact) mass is 537 g/mol. The Hall–Kier alpha value is -4.65. The molecule has 41 heavy (non-hydrogen) atoms. The Morgan fingerprint density at radius 2 is 1.12 bits per heavy atom. The molecule has 3 fully saturated rings. The fourth-order valence-corrected chi connectivity index (χ4v) is 7.22. The summed E-state index contributed by atoms with van der Waals surface area (Å²) < 4.78 is 14.1. The van der Waals surface area contributed by atoms with Gasteiger partial charge < -0.3 is 14.4 Å². The summed E-state index contributed by atoms with van der Waals surface area (Å²) in [6.07, 6.45) is 6.47. The number of hydrogen-bond acceptors (Lipinski definition) is 5. The third-order valence-corrected chi connectivity index (χ3v) is 8.90. The molecule has 3 aliphatic rings. The summed E-state index contributed by atoms with van der Waals surface area (Å²) in [7, 11) is 0. The topological polar surface area (TPSA) is 64.6 Å². The van der Waals surface area contributed by atoms with Crippen LogP contribution in [0.2, 0.25) is 0 Å². The molecule has 6 nitrogen and oxygen atoms in total. The maximum Gasteiger partial charge on any atom is 0.256 e. The van der Waals surface area contributed by atoms with Crippen LogP contribution >= 0.6 is 0 Å². The molecule has 2 aromatic heterocycles. The summed E-state index contributed by atoms with van der Waals surface area (Å²) >= 11 is 0. The predicted octanol–water partition coefficient (Wildman–Crippen LogP) is 5.56. The molecule has 6 heteroatoms. The zero-order valence-electron chi connectivity index (χ0n) is 22.2. The zero-order valence-corrected chi connectivity index (χ0v) is 22.2. The molecule has 0 bridgehead atoms. The number of amides is 1. The summed E-state index contributed by atoms with van der Waals surface area (Å²) in [5.74, 6) is -0.228. The van der Waals surface area contributed by atoms with E-state index in [-0.39, 0.29) is 24.0 Å². The summed E-state index contributed by atoms with van der Waals surface area (Å²) in [5, 5.41) is 0. The van der Waals surface area contributed by atoms with Crippen LogP contribution in [0.3, 0.4) is 0 Å². The Balaban J connectivity index is 1.33. The highest BCUT2D eigenvalue weighted by molar-refractivity contribution is 5.95. The van der Waals surface area contributed by atoms with E-state index < -0.39 is 17.4 Å². The number of ether oxygens (including phenoxy) is 2. The minimum Gasteiger partial charge on any atom is -0.357 e. The number of carbonyl (C=O) groups excluding carboxylic acids is 1. The molecular formula is C35H27N3O3. The standard InChI is InChI=1S/C35H27N3O3/c39-32(24-12-4-1-5-13-24)38-31-30(40-35(31,26-16-8-3-9-17-26)28-19-11-21-37-23-28)29-33(38)41-34(29,25-14-6-2-7-15-25)27-18-10-20-36-22-27/h1-23,29-31,33H/t29-,30-,31+,33-,34?,35?/m0/s1. The molecule has 3 aliphatic heterocycles. The van der Waals surface area contributed by atoms with Gasteiger partial charge in [-0.3, -0.25) is 14.8 Å². The summed E-state index contributed by atoms with van der Waals surface area (Å²) in [6.45, 7) is 0. The van der Waals surface area contributed by atoms with E-state index in [1.165, 1.54) is 0 Å². The Bertz CT molecular complexity index is 1610. The van der Waals surface area contributed by atoms with Crippen LogP contribution < -0.4 is 0 Å². The van der Waals surface area contributed by atoms with Crippen LogP contribution in [0.1, 0.15) is 32.6 Å². The third-order valence-electron chi connectivity index (χ3n) is 8.90. The van der Waals surface area contributed by atoms with Gasteiger partial charge in [0, 0.05) is 41.5 Å². The van der Waals surface area contributed by atoms with Gasteiger partial charge in [-0.15, -0.1) is 0 Å². The number of fused-ring (bicyclic) bond motifs is 3. The van der Waals surface area contributed by atoms with Gasteiger partial charge in [0.2, 0.25) is 0 Å². The van der Waals surface area contributed by atoms with Gasteiger partial charge in [-0.2, -0.15) is 0 Å². The molecule has 0 N–H and O–H groups in total. The first-order valence-electron chi connectivity index (χ1n) is 13.9. The van der Waals surface area contributed by atoms with E-state index in [4.69, 9.17) is 9.47 Å². The van der Waals surface area contributed by atoms with Crippen molar-refractivity contribution in [1.82, 2.24) is 14.9 Å². The van der Waals surface area contributed by atoms with E-state index >= 15 is 0 Å². The van der Waals surface area contributed by atoms with Gasteiger partial charge in [0.1, 0.15) is 17.4 Å². The lowest BCUT2D eigenvalue weighted by molar-refractivity contribution is -0.292. The second-order valence-corrected chi connectivity index (χ2v) is 10.8. The summed E-state index contributed by atoms with van der Waals surface area (Å²) in [5.41, 5.74) is 2.76. The summed E-state index contributed by atoms with van der Waals surface area (Å²) in [6, 6.07) is 37.4. The highest BCUT2D eigenvalue weighted by atomic mass is 16.6. The maximum atomic E-state index is 14.4. The highest BCUT2D eigenvalue weighted by Crippen LogP contribution is 2.67. The first-order valence-corrected chi connectivity index (χ1v) is 13.9. The Labute approximate surface area is 238 Å². The van der Waals surface area contributed by atoms with E-state index in [1.807, 2.05) is 102 Å². The molecule has 2 unspecified atom stereocenters. The predicted molar refractivity (Wildman–Crippen MR) is 153 cm³/mol. The van der Waals surface area contributed by atoms with Crippen molar-refractivity contribution in [3.63, 3.8) is 0 Å². The van der Waals surface area contributed by atoms with Crippen molar-refractivity contribution in [2.45, 2.75) is 29.6 Å². The Morgan fingerprint density at radius 1 is 0.610 bits per heavy atom. The minimum absolute atomic E-state index is 0.0755. The van der Waals surface area contributed by atoms with Crippen LogP contribution in [-0.2, 0) is 20.7 Å². The Kier molecular flexibility index (Phi) is 5.42. The van der Waals surface area contributed by atoms with Crippen LogP contribution in [0.4, 0.5) is 0 Å². The molecule has 3 saturated heterocycles. The number of pyridine rings is 2. The van der Waals surface area contributed by atoms with Crippen LogP contribution in [0.15, 0.2) is 140 Å². The van der Waals surface area contributed by atoms with E-state index in [9.17, 15) is 4.79 Å².